The van der Waals surface area contributed by atoms with Gasteiger partial charge in [-0.3, -0.25) is 4.79 Å². The molecule has 0 amide bonds. The summed E-state index contributed by atoms with van der Waals surface area (Å²) in [5.41, 5.74) is 2.31. The smallest absolute Gasteiger partial charge is 0.308 e. The highest BCUT2D eigenvalue weighted by atomic mass is 32.2. The molecule has 0 aliphatic heterocycles. The van der Waals surface area contributed by atoms with Gasteiger partial charge in [0.2, 0.25) is 0 Å². The molecule has 92 valence electrons. The summed E-state index contributed by atoms with van der Waals surface area (Å²) in [7, 11) is 0. The van der Waals surface area contributed by atoms with E-state index in [1.165, 1.54) is 17.4 Å². The van der Waals surface area contributed by atoms with E-state index in [0.717, 1.165) is 12.0 Å². The Morgan fingerprint density at radius 3 is 2.59 bits per heavy atom. The van der Waals surface area contributed by atoms with E-state index in [1.54, 1.807) is 11.8 Å². The topological polar surface area (TPSA) is 26.3 Å². The van der Waals surface area contributed by atoms with Gasteiger partial charge >= 0.3 is 5.97 Å². The van der Waals surface area contributed by atoms with Crippen LogP contribution in [0.3, 0.4) is 0 Å². The Hall–Kier alpha value is -1.22. The Morgan fingerprint density at radius 2 is 2.06 bits per heavy atom. The number of hydrogen-bond donors (Lipinski definition) is 0. The monoisotopic (exact) mass is 250 g/mol. The molecule has 0 heterocycles. The van der Waals surface area contributed by atoms with E-state index >= 15 is 0 Å². The molecule has 3 heteroatoms. The maximum absolute atomic E-state index is 11.0. The molecule has 2 nitrogen and oxygen atoms in total. The second-order valence-corrected chi connectivity index (χ2v) is 4.93. The first-order valence-corrected chi connectivity index (χ1v) is 6.74. The van der Waals surface area contributed by atoms with Crippen molar-refractivity contribution in [3.8, 4) is 5.75 Å². The number of allylic oxidation sites excluding steroid dienone is 2. The predicted octanol–water partition coefficient (Wildman–Crippen LogP) is 3.84. The Morgan fingerprint density at radius 1 is 1.35 bits per heavy atom. The van der Waals surface area contributed by atoms with Gasteiger partial charge in [0, 0.05) is 11.8 Å². The summed E-state index contributed by atoms with van der Waals surface area (Å²) < 4.78 is 5.20. The Kier molecular flexibility index (Phi) is 5.29. The molecule has 1 rings (SSSR count). The van der Waals surface area contributed by atoms with E-state index in [-0.39, 0.29) is 5.97 Å². The third kappa shape index (κ3) is 4.65. The van der Waals surface area contributed by atoms with Gasteiger partial charge in [-0.05, 0) is 50.3 Å². The SMILES string of the molecule is CSc1ccc(OC(C)=O)c(CC=C(C)C)c1. The van der Waals surface area contributed by atoms with E-state index in [4.69, 9.17) is 4.74 Å². The summed E-state index contributed by atoms with van der Waals surface area (Å²) in [5, 5.41) is 0. The lowest BCUT2D eigenvalue weighted by Gasteiger charge is -2.09. The number of thioether (sulfide) groups is 1. The minimum absolute atomic E-state index is 0.277. The van der Waals surface area contributed by atoms with Crippen LogP contribution in [0.2, 0.25) is 0 Å². The molecule has 0 N–H and O–H groups in total. The average molecular weight is 250 g/mol. The standard InChI is InChI=1S/C14H18O2S/c1-10(2)5-6-12-9-13(17-4)7-8-14(12)16-11(3)15/h5,7-9H,6H2,1-4H3. The summed E-state index contributed by atoms with van der Waals surface area (Å²) in [6.45, 7) is 5.54. The minimum Gasteiger partial charge on any atom is -0.426 e. The molecule has 0 radical (unpaired) electrons. The fourth-order valence-corrected chi connectivity index (χ4v) is 1.88. The van der Waals surface area contributed by atoms with Crippen LogP contribution in [-0.2, 0) is 11.2 Å². The van der Waals surface area contributed by atoms with Crippen LogP contribution in [0.4, 0.5) is 0 Å². The van der Waals surface area contributed by atoms with Crippen molar-refractivity contribution >= 4 is 17.7 Å². The molecule has 0 fully saturated rings. The first-order valence-electron chi connectivity index (χ1n) is 5.51. The largest absolute Gasteiger partial charge is 0.426 e. The summed E-state index contributed by atoms with van der Waals surface area (Å²) in [4.78, 5) is 12.2. The zero-order valence-electron chi connectivity index (χ0n) is 10.7. The van der Waals surface area contributed by atoms with E-state index < -0.39 is 0 Å². The lowest BCUT2D eigenvalue weighted by atomic mass is 10.1. The van der Waals surface area contributed by atoms with Crippen molar-refractivity contribution in [3.63, 3.8) is 0 Å². The summed E-state index contributed by atoms with van der Waals surface area (Å²) in [5.74, 6) is 0.383. The third-order valence-electron chi connectivity index (χ3n) is 2.25. The average Bonchev–Trinajstić information content (AvgIpc) is 2.27. The van der Waals surface area contributed by atoms with Crippen LogP contribution in [0.15, 0.2) is 34.7 Å². The molecule has 0 aromatic heterocycles. The van der Waals surface area contributed by atoms with Gasteiger partial charge in [0.25, 0.3) is 0 Å². The lowest BCUT2D eigenvalue weighted by molar-refractivity contribution is -0.131. The second-order valence-electron chi connectivity index (χ2n) is 4.05. The number of ether oxygens (including phenoxy) is 1. The van der Waals surface area contributed by atoms with Crippen LogP contribution >= 0.6 is 11.8 Å². The molecular weight excluding hydrogens is 232 g/mol. The zero-order valence-corrected chi connectivity index (χ0v) is 11.6. The quantitative estimate of drug-likeness (QED) is 0.351. The van der Waals surface area contributed by atoms with E-state index in [0.29, 0.717) is 5.75 Å². The van der Waals surface area contributed by atoms with E-state index in [9.17, 15) is 4.79 Å². The number of benzene rings is 1. The molecule has 0 bridgehead atoms. The van der Waals surface area contributed by atoms with E-state index in [2.05, 4.69) is 26.0 Å². The van der Waals surface area contributed by atoms with Gasteiger partial charge in [0.05, 0.1) is 0 Å². The van der Waals surface area contributed by atoms with Crippen molar-refractivity contribution in [2.75, 3.05) is 6.26 Å². The number of carbonyl (C=O) groups is 1. The molecule has 1 aromatic rings. The Balaban J connectivity index is 3.02. The van der Waals surface area contributed by atoms with Crippen LogP contribution < -0.4 is 4.74 Å². The van der Waals surface area contributed by atoms with Crippen LogP contribution in [0.25, 0.3) is 0 Å². The highest BCUT2D eigenvalue weighted by Gasteiger charge is 2.06. The van der Waals surface area contributed by atoms with Crippen molar-refractivity contribution in [1.82, 2.24) is 0 Å². The van der Waals surface area contributed by atoms with Gasteiger partial charge < -0.3 is 4.74 Å². The van der Waals surface area contributed by atoms with Gasteiger partial charge in [0.15, 0.2) is 0 Å². The highest BCUT2D eigenvalue weighted by Crippen LogP contribution is 2.26. The molecule has 1 aromatic carbocycles. The minimum atomic E-state index is -0.277. The second kappa shape index (κ2) is 6.50. The fraction of sp³-hybridized carbons (Fsp3) is 0.357. The third-order valence-corrected chi connectivity index (χ3v) is 2.98. The van der Waals surface area contributed by atoms with Crippen molar-refractivity contribution in [1.29, 1.82) is 0 Å². The van der Waals surface area contributed by atoms with Gasteiger partial charge in [-0.2, -0.15) is 0 Å². The first-order chi connectivity index (χ1) is 8.02. The summed E-state index contributed by atoms with van der Waals surface area (Å²) in [6.07, 6.45) is 4.96. The highest BCUT2D eigenvalue weighted by molar-refractivity contribution is 7.98. The molecule has 0 saturated carbocycles. The van der Waals surface area contributed by atoms with Crippen molar-refractivity contribution in [3.05, 3.63) is 35.4 Å². The number of esters is 1. The molecule has 0 aliphatic carbocycles. The summed E-state index contributed by atoms with van der Waals surface area (Å²) in [6, 6.07) is 5.90. The molecule has 0 unspecified atom stereocenters. The Bertz CT molecular complexity index is 432. The molecule has 0 saturated heterocycles. The molecule has 0 spiro atoms. The van der Waals surface area contributed by atoms with Gasteiger partial charge in [-0.15, -0.1) is 11.8 Å². The fourth-order valence-electron chi connectivity index (χ4n) is 1.41. The number of rotatable bonds is 4. The molecular formula is C14H18O2S. The number of hydrogen-bond acceptors (Lipinski definition) is 3. The summed E-state index contributed by atoms with van der Waals surface area (Å²) >= 11 is 1.68. The van der Waals surface area contributed by atoms with Gasteiger partial charge in [0.1, 0.15) is 5.75 Å². The zero-order chi connectivity index (χ0) is 12.8. The Labute approximate surface area is 107 Å². The molecule has 0 atom stereocenters. The molecule has 0 aliphatic rings. The molecule has 17 heavy (non-hydrogen) atoms. The van der Waals surface area contributed by atoms with Crippen molar-refractivity contribution in [2.45, 2.75) is 32.1 Å². The number of carbonyl (C=O) groups excluding carboxylic acids is 1. The van der Waals surface area contributed by atoms with Gasteiger partial charge in [-0.1, -0.05) is 11.6 Å². The maximum Gasteiger partial charge on any atom is 0.308 e. The van der Waals surface area contributed by atoms with Crippen molar-refractivity contribution in [2.24, 2.45) is 0 Å². The van der Waals surface area contributed by atoms with Crippen LogP contribution in [0, 0.1) is 0 Å². The van der Waals surface area contributed by atoms with Crippen LogP contribution in [-0.4, -0.2) is 12.2 Å². The normalized spacial score (nSPS) is 9.88. The maximum atomic E-state index is 11.0. The van der Waals surface area contributed by atoms with Crippen LogP contribution in [0.5, 0.6) is 5.75 Å². The lowest BCUT2D eigenvalue weighted by Crippen LogP contribution is -2.03. The predicted molar refractivity (Wildman–Crippen MR) is 72.7 cm³/mol. The van der Waals surface area contributed by atoms with Crippen molar-refractivity contribution < 1.29 is 9.53 Å². The first kappa shape index (κ1) is 13.8. The van der Waals surface area contributed by atoms with Crippen LogP contribution in [0.1, 0.15) is 26.3 Å². The van der Waals surface area contributed by atoms with E-state index in [1.807, 2.05) is 18.4 Å². The van der Waals surface area contributed by atoms with Gasteiger partial charge in [-0.25, -0.2) is 0 Å².